The van der Waals surface area contributed by atoms with Crippen LogP contribution in [0.2, 0.25) is 0 Å². The molecule has 104 valence electrons. The number of ether oxygens (including phenoxy) is 1. The lowest BCUT2D eigenvalue weighted by Gasteiger charge is -2.12. The highest BCUT2D eigenvalue weighted by Crippen LogP contribution is 2.30. The third-order valence-electron chi connectivity index (χ3n) is 3.32. The molecule has 0 unspecified atom stereocenters. The number of benzene rings is 3. The van der Waals surface area contributed by atoms with Crippen LogP contribution in [0.4, 0.5) is 5.69 Å². The predicted molar refractivity (Wildman–Crippen MR) is 87.1 cm³/mol. The summed E-state index contributed by atoms with van der Waals surface area (Å²) in [6.07, 6.45) is 0. The molecule has 0 bridgehead atoms. The van der Waals surface area contributed by atoms with Gasteiger partial charge in [-0.3, -0.25) is 0 Å². The van der Waals surface area contributed by atoms with Gasteiger partial charge < -0.3 is 10.5 Å². The van der Waals surface area contributed by atoms with E-state index in [1.54, 1.807) is 0 Å². The highest BCUT2D eigenvalue weighted by molar-refractivity contribution is 5.70. The normalized spacial score (nSPS) is 10.3. The second-order valence-electron chi connectivity index (χ2n) is 4.90. The van der Waals surface area contributed by atoms with Gasteiger partial charge in [-0.1, -0.05) is 60.7 Å². The molecule has 0 heterocycles. The van der Waals surface area contributed by atoms with Crippen molar-refractivity contribution in [2.45, 2.75) is 6.61 Å². The van der Waals surface area contributed by atoms with Crippen LogP contribution in [0.15, 0.2) is 78.9 Å². The molecule has 0 radical (unpaired) electrons. The summed E-state index contributed by atoms with van der Waals surface area (Å²) >= 11 is 0. The summed E-state index contributed by atoms with van der Waals surface area (Å²) in [5.74, 6) is 0.881. The van der Waals surface area contributed by atoms with Gasteiger partial charge in [-0.25, -0.2) is 0 Å². The van der Waals surface area contributed by atoms with Crippen LogP contribution < -0.4 is 10.5 Å². The van der Waals surface area contributed by atoms with E-state index >= 15 is 0 Å². The number of nitrogen functional groups attached to an aromatic ring is 1. The van der Waals surface area contributed by atoms with E-state index in [9.17, 15) is 0 Å². The van der Waals surface area contributed by atoms with Crippen LogP contribution in [-0.2, 0) is 6.61 Å². The first-order valence-electron chi connectivity index (χ1n) is 6.94. The van der Waals surface area contributed by atoms with Gasteiger partial charge in [0, 0.05) is 11.3 Å². The van der Waals surface area contributed by atoms with Crippen LogP contribution in [0.3, 0.4) is 0 Å². The third kappa shape index (κ3) is 3.23. The smallest absolute Gasteiger partial charge is 0.127 e. The van der Waals surface area contributed by atoms with E-state index in [0.717, 1.165) is 28.1 Å². The maximum absolute atomic E-state index is 5.98. The van der Waals surface area contributed by atoms with Gasteiger partial charge in [0.05, 0.1) is 0 Å². The molecule has 0 fully saturated rings. The number of hydrogen-bond acceptors (Lipinski definition) is 2. The van der Waals surface area contributed by atoms with Crippen molar-refractivity contribution in [3.8, 4) is 16.9 Å². The van der Waals surface area contributed by atoms with E-state index in [0.29, 0.717) is 6.61 Å². The van der Waals surface area contributed by atoms with Crippen LogP contribution in [0, 0.1) is 0 Å². The van der Waals surface area contributed by atoms with Gasteiger partial charge in [-0.2, -0.15) is 0 Å². The van der Waals surface area contributed by atoms with E-state index in [-0.39, 0.29) is 0 Å². The average Bonchev–Trinajstić information content (AvgIpc) is 2.54. The van der Waals surface area contributed by atoms with Gasteiger partial charge in [-0.05, 0) is 29.3 Å². The number of hydrogen-bond donors (Lipinski definition) is 1. The molecule has 0 spiro atoms. The Morgan fingerprint density at radius 1 is 0.762 bits per heavy atom. The Morgan fingerprint density at radius 3 is 2.33 bits per heavy atom. The zero-order valence-electron chi connectivity index (χ0n) is 11.7. The predicted octanol–water partition coefficient (Wildman–Crippen LogP) is 4.51. The first-order valence-corrected chi connectivity index (χ1v) is 6.94. The lowest BCUT2D eigenvalue weighted by atomic mass is 10.0. The molecule has 3 aromatic carbocycles. The molecule has 2 heteroatoms. The van der Waals surface area contributed by atoms with Gasteiger partial charge in [0.2, 0.25) is 0 Å². The molecular formula is C19H17NO. The van der Waals surface area contributed by atoms with Crippen LogP contribution in [0.5, 0.6) is 5.75 Å². The Hall–Kier alpha value is -2.74. The monoisotopic (exact) mass is 275 g/mol. The number of para-hydroxylation sites is 1. The summed E-state index contributed by atoms with van der Waals surface area (Å²) in [6, 6.07) is 26.1. The SMILES string of the molecule is Nc1cccc(COc2ccccc2-c2ccccc2)c1. The summed E-state index contributed by atoms with van der Waals surface area (Å²) in [5, 5.41) is 0. The molecule has 2 nitrogen and oxygen atoms in total. The van der Waals surface area contributed by atoms with Crippen molar-refractivity contribution < 1.29 is 4.74 Å². The molecule has 0 aliphatic carbocycles. The van der Waals surface area contributed by atoms with Gasteiger partial charge in [-0.15, -0.1) is 0 Å². The molecule has 0 amide bonds. The highest BCUT2D eigenvalue weighted by Gasteiger charge is 2.05. The highest BCUT2D eigenvalue weighted by atomic mass is 16.5. The minimum Gasteiger partial charge on any atom is -0.488 e. The summed E-state index contributed by atoms with van der Waals surface area (Å²) in [6.45, 7) is 0.509. The van der Waals surface area contributed by atoms with Gasteiger partial charge in [0.1, 0.15) is 12.4 Å². The Morgan fingerprint density at radius 2 is 1.52 bits per heavy atom. The van der Waals surface area contributed by atoms with Crippen molar-refractivity contribution in [3.05, 3.63) is 84.4 Å². The summed E-state index contributed by atoms with van der Waals surface area (Å²) in [7, 11) is 0. The molecule has 0 aliphatic rings. The van der Waals surface area contributed by atoms with Crippen molar-refractivity contribution in [1.29, 1.82) is 0 Å². The first-order chi connectivity index (χ1) is 10.3. The first kappa shape index (κ1) is 13.3. The lowest BCUT2D eigenvalue weighted by Crippen LogP contribution is -1.98. The fraction of sp³-hybridized carbons (Fsp3) is 0.0526. The number of rotatable bonds is 4. The summed E-state index contributed by atoms with van der Waals surface area (Å²) in [4.78, 5) is 0. The average molecular weight is 275 g/mol. The molecule has 21 heavy (non-hydrogen) atoms. The molecule has 0 atom stereocenters. The Kier molecular flexibility index (Phi) is 3.88. The van der Waals surface area contributed by atoms with Gasteiger partial charge in [0.25, 0.3) is 0 Å². The summed E-state index contributed by atoms with van der Waals surface area (Å²) in [5.41, 5.74) is 9.87. The molecule has 3 rings (SSSR count). The molecule has 0 aromatic heterocycles. The summed E-state index contributed by atoms with van der Waals surface area (Å²) < 4.78 is 5.98. The van der Waals surface area contributed by atoms with E-state index in [4.69, 9.17) is 10.5 Å². The van der Waals surface area contributed by atoms with Crippen molar-refractivity contribution in [1.82, 2.24) is 0 Å². The van der Waals surface area contributed by atoms with Crippen LogP contribution >= 0.6 is 0 Å². The Balaban J connectivity index is 1.83. The van der Waals surface area contributed by atoms with Gasteiger partial charge in [0.15, 0.2) is 0 Å². The maximum atomic E-state index is 5.98. The molecule has 0 aliphatic heterocycles. The van der Waals surface area contributed by atoms with E-state index in [1.807, 2.05) is 60.7 Å². The maximum Gasteiger partial charge on any atom is 0.127 e. The van der Waals surface area contributed by atoms with Crippen LogP contribution in [-0.4, -0.2) is 0 Å². The van der Waals surface area contributed by atoms with E-state index in [1.165, 1.54) is 0 Å². The van der Waals surface area contributed by atoms with E-state index < -0.39 is 0 Å². The molecule has 0 saturated heterocycles. The zero-order chi connectivity index (χ0) is 14.5. The third-order valence-corrected chi connectivity index (χ3v) is 3.32. The fourth-order valence-corrected chi connectivity index (χ4v) is 2.29. The van der Waals surface area contributed by atoms with Crippen molar-refractivity contribution in [2.75, 3.05) is 5.73 Å². The minimum atomic E-state index is 0.509. The molecule has 2 N–H and O–H groups in total. The Bertz CT molecular complexity index is 722. The Labute approximate surface area is 124 Å². The van der Waals surface area contributed by atoms with Crippen molar-refractivity contribution in [2.24, 2.45) is 0 Å². The molecule has 0 saturated carbocycles. The molecule has 3 aromatic rings. The minimum absolute atomic E-state index is 0.509. The van der Waals surface area contributed by atoms with Crippen molar-refractivity contribution in [3.63, 3.8) is 0 Å². The lowest BCUT2D eigenvalue weighted by molar-refractivity contribution is 0.307. The van der Waals surface area contributed by atoms with Crippen LogP contribution in [0.1, 0.15) is 5.56 Å². The number of anilines is 1. The van der Waals surface area contributed by atoms with Crippen molar-refractivity contribution >= 4 is 5.69 Å². The standard InChI is InChI=1S/C19H17NO/c20-17-10-6-7-15(13-17)14-21-19-12-5-4-11-18(19)16-8-2-1-3-9-16/h1-13H,14,20H2. The quantitative estimate of drug-likeness (QED) is 0.711. The number of nitrogens with two attached hydrogens (primary N) is 1. The van der Waals surface area contributed by atoms with Crippen LogP contribution in [0.25, 0.3) is 11.1 Å². The topological polar surface area (TPSA) is 35.2 Å². The fourth-order valence-electron chi connectivity index (χ4n) is 2.29. The second-order valence-corrected chi connectivity index (χ2v) is 4.90. The zero-order valence-corrected chi connectivity index (χ0v) is 11.7. The second kappa shape index (κ2) is 6.14. The molecular weight excluding hydrogens is 258 g/mol. The van der Waals surface area contributed by atoms with Gasteiger partial charge >= 0.3 is 0 Å². The largest absolute Gasteiger partial charge is 0.488 e. The van der Waals surface area contributed by atoms with E-state index in [2.05, 4.69) is 18.2 Å².